The van der Waals surface area contributed by atoms with Crippen LogP contribution in [-0.2, 0) is 0 Å². The Morgan fingerprint density at radius 1 is 1.29 bits per heavy atom. The van der Waals surface area contributed by atoms with E-state index in [1.54, 1.807) is 0 Å². The molecule has 0 heterocycles. The molecule has 1 atom stereocenters. The van der Waals surface area contributed by atoms with Crippen LogP contribution in [0.4, 0.5) is 0 Å². The molecule has 0 radical (unpaired) electrons. The second-order valence-electron chi connectivity index (χ2n) is 6.18. The average molecular weight is 241 g/mol. The van der Waals surface area contributed by atoms with Crippen LogP contribution in [0.5, 0.6) is 0 Å². The van der Waals surface area contributed by atoms with Gasteiger partial charge in [-0.25, -0.2) is 0 Å². The molecule has 2 N–H and O–H groups in total. The van der Waals surface area contributed by atoms with Crippen molar-refractivity contribution in [3.8, 4) is 0 Å². The molecular weight excluding hydrogens is 210 g/mol. The highest BCUT2D eigenvalue weighted by atomic mass is 16.3. The van der Waals surface area contributed by atoms with Crippen LogP contribution in [-0.4, -0.2) is 23.3 Å². The Morgan fingerprint density at radius 2 is 1.94 bits per heavy atom. The number of nitrogens with one attached hydrogen (secondary N) is 1. The summed E-state index contributed by atoms with van der Waals surface area (Å²) in [5.41, 5.74) is -0.425. The molecule has 0 aromatic rings. The molecule has 1 aliphatic rings. The smallest absolute Gasteiger partial charge is 0.0771 e. The minimum absolute atomic E-state index is 0.425. The first-order valence-electron chi connectivity index (χ1n) is 7.51. The molecule has 2 nitrogen and oxygen atoms in total. The molecule has 17 heavy (non-hydrogen) atoms. The highest BCUT2D eigenvalue weighted by molar-refractivity contribution is 4.87. The van der Waals surface area contributed by atoms with Gasteiger partial charge in [0.15, 0.2) is 0 Å². The van der Waals surface area contributed by atoms with E-state index in [9.17, 15) is 5.11 Å². The first-order chi connectivity index (χ1) is 8.06. The normalized spacial score (nSPS) is 31.4. The second-order valence-corrected chi connectivity index (χ2v) is 6.18. The minimum atomic E-state index is -0.425. The third-order valence-electron chi connectivity index (χ3n) is 4.23. The van der Waals surface area contributed by atoms with E-state index in [2.05, 4.69) is 26.1 Å². The molecule has 1 rings (SSSR count). The summed E-state index contributed by atoms with van der Waals surface area (Å²) >= 11 is 0. The number of rotatable bonds is 7. The van der Waals surface area contributed by atoms with Gasteiger partial charge in [0.1, 0.15) is 0 Å². The molecule has 0 saturated heterocycles. The maximum absolute atomic E-state index is 10.4. The van der Waals surface area contributed by atoms with E-state index >= 15 is 0 Å². The van der Waals surface area contributed by atoms with Gasteiger partial charge in [0.2, 0.25) is 0 Å². The van der Waals surface area contributed by atoms with Crippen LogP contribution >= 0.6 is 0 Å². The van der Waals surface area contributed by atoms with Crippen molar-refractivity contribution in [2.75, 3.05) is 6.54 Å². The Morgan fingerprint density at radius 3 is 2.53 bits per heavy atom. The predicted octanol–water partition coefficient (Wildman–Crippen LogP) is 3.49. The summed E-state index contributed by atoms with van der Waals surface area (Å²) in [5, 5.41) is 14.0. The molecule has 1 fully saturated rings. The SMILES string of the molecule is CCCCCC(C)NCC1(O)CCC(C)CC1. The van der Waals surface area contributed by atoms with Crippen LogP contribution < -0.4 is 5.32 Å². The lowest BCUT2D eigenvalue weighted by Gasteiger charge is -2.36. The van der Waals surface area contributed by atoms with Gasteiger partial charge in [0.25, 0.3) is 0 Å². The number of unbranched alkanes of at least 4 members (excludes halogenated alkanes) is 2. The summed E-state index contributed by atoms with van der Waals surface area (Å²) in [5.74, 6) is 0.803. The van der Waals surface area contributed by atoms with Crippen LogP contribution in [0.1, 0.15) is 72.1 Å². The number of hydrogen-bond acceptors (Lipinski definition) is 2. The fraction of sp³-hybridized carbons (Fsp3) is 1.00. The summed E-state index contributed by atoms with van der Waals surface area (Å²) < 4.78 is 0. The highest BCUT2D eigenvalue weighted by Crippen LogP contribution is 2.31. The predicted molar refractivity (Wildman–Crippen MR) is 74.2 cm³/mol. The lowest BCUT2D eigenvalue weighted by atomic mass is 9.79. The van der Waals surface area contributed by atoms with Gasteiger partial charge in [0, 0.05) is 12.6 Å². The van der Waals surface area contributed by atoms with Crippen LogP contribution in [0.2, 0.25) is 0 Å². The first-order valence-corrected chi connectivity index (χ1v) is 7.51. The van der Waals surface area contributed by atoms with Crippen molar-refractivity contribution >= 4 is 0 Å². The minimum Gasteiger partial charge on any atom is -0.389 e. The summed E-state index contributed by atoms with van der Waals surface area (Å²) in [6, 6.07) is 0.546. The van der Waals surface area contributed by atoms with E-state index in [1.165, 1.54) is 38.5 Å². The van der Waals surface area contributed by atoms with E-state index in [-0.39, 0.29) is 0 Å². The molecule has 2 heteroatoms. The Labute approximate surface area is 107 Å². The van der Waals surface area contributed by atoms with Gasteiger partial charge in [0.05, 0.1) is 5.60 Å². The van der Waals surface area contributed by atoms with Crippen molar-refractivity contribution < 1.29 is 5.11 Å². The zero-order valence-electron chi connectivity index (χ0n) is 12.0. The van der Waals surface area contributed by atoms with Crippen molar-refractivity contribution in [2.24, 2.45) is 5.92 Å². The summed E-state index contributed by atoms with van der Waals surface area (Å²) in [4.78, 5) is 0. The van der Waals surface area contributed by atoms with Gasteiger partial charge in [-0.3, -0.25) is 0 Å². The van der Waals surface area contributed by atoms with E-state index in [0.29, 0.717) is 6.04 Å². The van der Waals surface area contributed by atoms with Crippen LogP contribution in [0.15, 0.2) is 0 Å². The third kappa shape index (κ3) is 5.87. The molecule has 0 amide bonds. The maximum Gasteiger partial charge on any atom is 0.0771 e. The van der Waals surface area contributed by atoms with E-state index in [4.69, 9.17) is 0 Å². The molecule has 0 spiro atoms. The van der Waals surface area contributed by atoms with Gasteiger partial charge in [-0.05, 0) is 44.9 Å². The maximum atomic E-state index is 10.4. The monoisotopic (exact) mass is 241 g/mol. The first kappa shape index (κ1) is 15.0. The summed E-state index contributed by atoms with van der Waals surface area (Å²) in [7, 11) is 0. The van der Waals surface area contributed by atoms with Gasteiger partial charge >= 0.3 is 0 Å². The average Bonchev–Trinajstić information content (AvgIpc) is 2.32. The second kappa shape index (κ2) is 7.38. The highest BCUT2D eigenvalue weighted by Gasteiger charge is 2.31. The molecule has 1 aliphatic carbocycles. The van der Waals surface area contributed by atoms with Crippen molar-refractivity contribution in [3.05, 3.63) is 0 Å². The molecule has 0 bridgehead atoms. The van der Waals surface area contributed by atoms with E-state index < -0.39 is 5.60 Å². The molecule has 0 aromatic heterocycles. The zero-order valence-corrected chi connectivity index (χ0v) is 12.0. The Bertz CT molecular complexity index is 197. The standard InChI is InChI=1S/C15H31NO/c1-4-5-6-7-14(3)16-12-15(17)10-8-13(2)9-11-15/h13-14,16-17H,4-12H2,1-3H3. The Hall–Kier alpha value is -0.0800. The van der Waals surface area contributed by atoms with Gasteiger partial charge < -0.3 is 10.4 Å². The molecule has 1 saturated carbocycles. The van der Waals surface area contributed by atoms with Crippen molar-refractivity contribution in [3.63, 3.8) is 0 Å². The number of aliphatic hydroxyl groups is 1. The molecule has 102 valence electrons. The van der Waals surface area contributed by atoms with Crippen molar-refractivity contribution in [2.45, 2.75) is 83.8 Å². The van der Waals surface area contributed by atoms with Crippen LogP contribution in [0.25, 0.3) is 0 Å². The molecule has 1 unspecified atom stereocenters. The third-order valence-corrected chi connectivity index (χ3v) is 4.23. The fourth-order valence-electron chi connectivity index (χ4n) is 2.64. The zero-order chi connectivity index (χ0) is 12.7. The largest absolute Gasteiger partial charge is 0.389 e. The van der Waals surface area contributed by atoms with Crippen molar-refractivity contribution in [1.82, 2.24) is 5.32 Å². The summed E-state index contributed by atoms with van der Waals surface area (Å²) in [6.45, 7) is 7.56. The topological polar surface area (TPSA) is 32.3 Å². The van der Waals surface area contributed by atoms with E-state index in [1.807, 2.05) is 0 Å². The summed E-state index contributed by atoms with van der Waals surface area (Å²) in [6.07, 6.45) is 9.47. The fourth-order valence-corrected chi connectivity index (χ4v) is 2.64. The molecule has 0 aromatic carbocycles. The van der Waals surface area contributed by atoms with E-state index in [0.717, 1.165) is 25.3 Å². The lowest BCUT2D eigenvalue weighted by molar-refractivity contribution is -0.00799. The van der Waals surface area contributed by atoms with Crippen molar-refractivity contribution in [1.29, 1.82) is 0 Å². The quantitative estimate of drug-likeness (QED) is 0.669. The number of hydrogen-bond donors (Lipinski definition) is 2. The van der Waals surface area contributed by atoms with Crippen LogP contribution in [0.3, 0.4) is 0 Å². The van der Waals surface area contributed by atoms with Gasteiger partial charge in [-0.15, -0.1) is 0 Å². The Balaban J connectivity index is 2.16. The Kier molecular flexibility index (Phi) is 6.50. The molecular formula is C15H31NO. The lowest BCUT2D eigenvalue weighted by Crippen LogP contribution is -2.45. The molecule has 0 aliphatic heterocycles. The van der Waals surface area contributed by atoms with Gasteiger partial charge in [-0.1, -0.05) is 33.1 Å². The van der Waals surface area contributed by atoms with Gasteiger partial charge in [-0.2, -0.15) is 0 Å². The van der Waals surface area contributed by atoms with Crippen LogP contribution in [0, 0.1) is 5.92 Å².